The highest BCUT2D eigenvalue weighted by Crippen LogP contribution is 2.12. The van der Waals surface area contributed by atoms with Crippen LogP contribution in [0.2, 0.25) is 0 Å². The van der Waals surface area contributed by atoms with Crippen molar-refractivity contribution >= 4 is 11.9 Å². The summed E-state index contributed by atoms with van der Waals surface area (Å²) < 4.78 is 6.87. The first kappa shape index (κ1) is 13.1. The number of allylic oxidation sites excluding steroid dienone is 1. The molecule has 0 spiro atoms. The average Bonchev–Trinajstić information content (AvgIpc) is 2.93. The van der Waals surface area contributed by atoms with Gasteiger partial charge in [0.15, 0.2) is 5.78 Å². The largest absolute Gasteiger partial charge is 0.497 e. The van der Waals surface area contributed by atoms with Crippen molar-refractivity contribution in [1.82, 2.24) is 9.78 Å². The van der Waals surface area contributed by atoms with E-state index in [-0.39, 0.29) is 5.78 Å². The van der Waals surface area contributed by atoms with Crippen molar-refractivity contribution in [2.75, 3.05) is 7.11 Å². The normalized spacial score (nSPS) is 10.8. The molecule has 0 aliphatic rings. The standard InChI is InChI=1S/C15H16N2O2/c1-3-17-11-10-13(16-17)6-9-15(18)12-4-7-14(19-2)8-5-12/h4-11H,3H2,1-2H3/b9-6+. The monoisotopic (exact) mass is 256 g/mol. The summed E-state index contributed by atoms with van der Waals surface area (Å²) in [5.74, 6) is 0.691. The fourth-order valence-corrected chi connectivity index (χ4v) is 1.65. The van der Waals surface area contributed by atoms with E-state index in [0.29, 0.717) is 5.56 Å². The minimum absolute atomic E-state index is 0.0475. The summed E-state index contributed by atoms with van der Waals surface area (Å²) in [6.07, 6.45) is 5.14. The Morgan fingerprint density at radius 3 is 2.63 bits per heavy atom. The first-order valence-corrected chi connectivity index (χ1v) is 6.13. The molecule has 0 saturated carbocycles. The lowest BCUT2D eigenvalue weighted by Gasteiger charge is -1.99. The van der Waals surface area contributed by atoms with Crippen LogP contribution in [-0.2, 0) is 6.54 Å². The zero-order valence-electron chi connectivity index (χ0n) is 11.0. The number of hydrogen-bond donors (Lipinski definition) is 0. The summed E-state index contributed by atoms with van der Waals surface area (Å²) in [6, 6.07) is 8.91. The summed E-state index contributed by atoms with van der Waals surface area (Å²) in [5, 5.41) is 4.28. The van der Waals surface area contributed by atoms with E-state index < -0.39 is 0 Å². The highest BCUT2D eigenvalue weighted by molar-refractivity contribution is 6.06. The van der Waals surface area contributed by atoms with Crippen molar-refractivity contribution in [1.29, 1.82) is 0 Å². The zero-order valence-corrected chi connectivity index (χ0v) is 11.0. The molecule has 98 valence electrons. The van der Waals surface area contributed by atoms with E-state index in [9.17, 15) is 4.79 Å². The van der Waals surface area contributed by atoms with Crippen molar-refractivity contribution in [2.24, 2.45) is 0 Å². The van der Waals surface area contributed by atoms with E-state index in [0.717, 1.165) is 18.0 Å². The lowest BCUT2D eigenvalue weighted by molar-refractivity contribution is 0.104. The molecule has 0 radical (unpaired) electrons. The summed E-state index contributed by atoms with van der Waals surface area (Å²) in [7, 11) is 1.60. The number of ketones is 1. The van der Waals surface area contributed by atoms with Gasteiger partial charge in [0, 0.05) is 18.3 Å². The maximum Gasteiger partial charge on any atom is 0.185 e. The Bertz CT molecular complexity index is 582. The first-order chi connectivity index (χ1) is 9.22. The fourth-order valence-electron chi connectivity index (χ4n) is 1.65. The zero-order chi connectivity index (χ0) is 13.7. The molecule has 0 saturated heterocycles. The predicted octanol–water partition coefficient (Wildman–Crippen LogP) is 2.81. The van der Waals surface area contributed by atoms with Gasteiger partial charge in [0.25, 0.3) is 0 Å². The SMILES string of the molecule is CCn1ccc(/C=C/C(=O)c2ccc(OC)cc2)n1. The third kappa shape index (κ3) is 3.31. The Labute approximate surface area is 112 Å². The van der Waals surface area contributed by atoms with Crippen LogP contribution < -0.4 is 4.74 Å². The number of ether oxygens (including phenoxy) is 1. The number of carbonyl (C=O) groups is 1. The number of carbonyl (C=O) groups excluding carboxylic acids is 1. The summed E-state index contributed by atoms with van der Waals surface area (Å²) in [5.41, 5.74) is 1.41. The van der Waals surface area contributed by atoms with Crippen LogP contribution >= 0.6 is 0 Å². The highest BCUT2D eigenvalue weighted by Gasteiger charge is 2.02. The molecular weight excluding hydrogens is 240 g/mol. The van der Waals surface area contributed by atoms with Crippen LogP contribution in [0, 0.1) is 0 Å². The molecule has 0 N–H and O–H groups in total. The smallest absolute Gasteiger partial charge is 0.185 e. The van der Waals surface area contributed by atoms with Gasteiger partial charge in [-0.25, -0.2) is 0 Å². The number of aromatic nitrogens is 2. The van der Waals surface area contributed by atoms with Crippen LogP contribution in [0.5, 0.6) is 5.75 Å². The van der Waals surface area contributed by atoms with Gasteiger partial charge in [-0.1, -0.05) is 0 Å². The van der Waals surface area contributed by atoms with Gasteiger partial charge in [-0.05, 0) is 49.4 Å². The molecule has 0 unspecified atom stereocenters. The average molecular weight is 256 g/mol. The molecule has 2 aromatic rings. The second kappa shape index (κ2) is 6.00. The van der Waals surface area contributed by atoms with Gasteiger partial charge in [-0.15, -0.1) is 0 Å². The van der Waals surface area contributed by atoms with Gasteiger partial charge >= 0.3 is 0 Å². The molecule has 0 bridgehead atoms. The molecule has 0 atom stereocenters. The molecule has 1 aromatic heterocycles. The molecule has 2 rings (SSSR count). The number of benzene rings is 1. The molecule has 1 aromatic carbocycles. The Morgan fingerprint density at radius 2 is 2.05 bits per heavy atom. The van der Waals surface area contributed by atoms with E-state index in [1.165, 1.54) is 6.08 Å². The van der Waals surface area contributed by atoms with Crippen LogP contribution in [0.15, 0.2) is 42.6 Å². The van der Waals surface area contributed by atoms with Crippen LogP contribution in [0.3, 0.4) is 0 Å². The van der Waals surface area contributed by atoms with Gasteiger partial charge in [0.1, 0.15) is 5.75 Å². The number of nitrogens with zero attached hydrogens (tertiary/aromatic N) is 2. The van der Waals surface area contributed by atoms with Crippen LogP contribution in [0.1, 0.15) is 23.0 Å². The second-order valence-electron chi connectivity index (χ2n) is 4.02. The highest BCUT2D eigenvalue weighted by atomic mass is 16.5. The quantitative estimate of drug-likeness (QED) is 0.610. The van der Waals surface area contributed by atoms with Crippen molar-refractivity contribution in [3.8, 4) is 5.75 Å². The van der Waals surface area contributed by atoms with Gasteiger partial charge in [-0.3, -0.25) is 9.48 Å². The number of methoxy groups -OCH3 is 1. The third-order valence-electron chi connectivity index (χ3n) is 2.77. The maximum atomic E-state index is 11.9. The molecule has 0 aliphatic carbocycles. The molecule has 0 aliphatic heterocycles. The van der Waals surface area contributed by atoms with Crippen molar-refractivity contribution in [3.05, 3.63) is 53.9 Å². The van der Waals surface area contributed by atoms with Gasteiger partial charge in [-0.2, -0.15) is 5.10 Å². The van der Waals surface area contributed by atoms with Crippen LogP contribution in [0.4, 0.5) is 0 Å². The Hall–Kier alpha value is -2.36. The Kier molecular flexibility index (Phi) is 4.13. The first-order valence-electron chi connectivity index (χ1n) is 6.13. The molecule has 0 fully saturated rings. The molecular formula is C15H16N2O2. The molecule has 4 heteroatoms. The van der Waals surface area contributed by atoms with Crippen molar-refractivity contribution < 1.29 is 9.53 Å². The number of rotatable bonds is 5. The molecule has 0 amide bonds. The number of aryl methyl sites for hydroxylation is 1. The minimum Gasteiger partial charge on any atom is -0.497 e. The van der Waals surface area contributed by atoms with E-state index in [1.807, 2.05) is 23.9 Å². The van der Waals surface area contributed by atoms with E-state index in [4.69, 9.17) is 4.74 Å². The van der Waals surface area contributed by atoms with Gasteiger partial charge < -0.3 is 4.74 Å². The molecule has 1 heterocycles. The molecule has 4 nitrogen and oxygen atoms in total. The summed E-state index contributed by atoms with van der Waals surface area (Å²) in [4.78, 5) is 11.9. The van der Waals surface area contributed by atoms with Crippen LogP contribution in [-0.4, -0.2) is 22.7 Å². The minimum atomic E-state index is -0.0475. The van der Waals surface area contributed by atoms with E-state index >= 15 is 0 Å². The van der Waals surface area contributed by atoms with E-state index in [2.05, 4.69) is 5.10 Å². The van der Waals surface area contributed by atoms with Gasteiger partial charge in [0.05, 0.1) is 12.8 Å². The second-order valence-corrected chi connectivity index (χ2v) is 4.02. The van der Waals surface area contributed by atoms with Crippen molar-refractivity contribution in [3.63, 3.8) is 0 Å². The third-order valence-corrected chi connectivity index (χ3v) is 2.77. The van der Waals surface area contributed by atoms with E-state index in [1.54, 1.807) is 37.5 Å². The van der Waals surface area contributed by atoms with Crippen LogP contribution in [0.25, 0.3) is 6.08 Å². The number of hydrogen-bond acceptors (Lipinski definition) is 3. The van der Waals surface area contributed by atoms with Crippen molar-refractivity contribution in [2.45, 2.75) is 13.5 Å². The topological polar surface area (TPSA) is 44.1 Å². The Morgan fingerprint density at radius 1 is 1.32 bits per heavy atom. The molecule has 19 heavy (non-hydrogen) atoms. The summed E-state index contributed by atoms with van der Waals surface area (Å²) >= 11 is 0. The Balaban J connectivity index is 2.07. The summed E-state index contributed by atoms with van der Waals surface area (Å²) in [6.45, 7) is 2.84. The fraction of sp³-hybridized carbons (Fsp3) is 0.200. The predicted molar refractivity (Wildman–Crippen MR) is 74.3 cm³/mol. The van der Waals surface area contributed by atoms with Gasteiger partial charge in [0.2, 0.25) is 0 Å². The lowest BCUT2D eigenvalue weighted by Crippen LogP contribution is -1.95. The maximum absolute atomic E-state index is 11.9. The lowest BCUT2D eigenvalue weighted by atomic mass is 10.1.